The lowest BCUT2D eigenvalue weighted by molar-refractivity contribution is 0.437. The summed E-state index contributed by atoms with van der Waals surface area (Å²) >= 11 is 0. The molecule has 0 aliphatic heterocycles. The maximum Gasteiger partial charge on any atom is 0.127 e. The molecule has 0 aliphatic carbocycles. The largest absolute Gasteiger partial charge is 0.457 e. The normalized spacial score (nSPS) is 10.9. The van der Waals surface area contributed by atoms with Crippen molar-refractivity contribution in [1.82, 2.24) is 5.32 Å². The number of hydrogen-bond acceptors (Lipinski definition) is 3. The first-order chi connectivity index (χ1) is 9.55. The molecule has 1 N–H and O–H groups in total. The van der Waals surface area contributed by atoms with Crippen LogP contribution in [-0.2, 0) is 5.54 Å². The number of nitriles is 1. The lowest BCUT2D eigenvalue weighted by Gasteiger charge is -2.25. The summed E-state index contributed by atoms with van der Waals surface area (Å²) in [7, 11) is 1.94. The number of nitrogens with one attached hydrogen (secondary N) is 1. The number of ether oxygens (including phenoxy) is 1. The highest BCUT2D eigenvalue weighted by molar-refractivity contribution is 5.39. The number of benzene rings is 2. The first-order valence-electron chi connectivity index (χ1n) is 6.52. The van der Waals surface area contributed by atoms with Gasteiger partial charge in [-0.25, -0.2) is 0 Å². The van der Waals surface area contributed by atoms with Crippen LogP contribution in [0.2, 0.25) is 0 Å². The van der Waals surface area contributed by atoms with Crippen molar-refractivity contribution < 1.29 is 4.74 Å². The second kappa shape index (κ2) is 5.77. The molecule has 0 atom stereocenters. The highest BCUT2D eigenvalue weighted by atomic mass is 16.5. The van der Waals surface area contributed by atoms with Gasteiger partial charge in [0.15, 0.2) is 0 Å². The fraction of sp³-hybridized carbons (Fsp3) is 0.235. The summed E-state index contributed by atoms with van der Waals surface area (Å²) in [5.74, 6) is 1.51. The van der Waals surface area contributed by atoms with Gasteiger partial charge in [0.25, 0.3) is 0 Å². The van der Waals surface area contributed by atoms with Gasteiger partial charge >= 0.3 is 0 Å². The van der Waals surface area contributed by atoms with E-state index in [1.807, 2.05) is 25.2 Å². The van der Waals surface area contributed by atoms with Crippen molar-refractivity contribution in [3.8, 4) is 17.6 Å². The third kappa shape index (κ3) is 3.17. The zero-order valence-electron chi connectivity index (χ0n) is 12.0. The van der Waals surface area contributed by atoms with Crippen molar-refractivity contribution >= 4 is 0 Å². The van der Waals surface area contributed by atoms with Gasteiger partial charge in [0.05, 0.1) is 11.6 Å². The van der Waals surface area contributed by atoms with E-state index < -0.39 is 0 Å². The van der Waals surface area contributed by atoms with Gasteiger partial charge in [-0.15, -0.1) is 0 Å². The minimum atomic E-state index is -0.107. The van der Waals surface area contributed by atoms with Crippen molar-refractivity contribution in [1.29, 1.82) is 5.26 Å². The lowest BCUT2D eigenvalue weighted by Crippen LogP contribution is -2.32. The van der Waals surface area contributed by atoms with Crippen LogP contribution in [-0.4, -0.2) is 7.05 Å². The monoisotopic (exact) mass is 266 g/mol. The van der Waals surface area contributed by atoms with Crippen LogP contribution >= 0.6 is 0 Å². The summed E-state index contributed by atoms with van der Waals surface area (Å²) in [5, 5.41) is 12.0. The molecular formula is C17H18N2O. The van der Waals surface area contributed by atoms with Crippen molar-refractivity contribution in [3.05, 3.63) is 59.7 Å². The van der Waals surface area contributed by atoms with Gasteiger partial charge in [0.2, 0.25) is 0 Å². The molecule has 0 amide bonds. The Morgan fingerprint density at radius 2 is 1.75 bits per heavy atom. The summed E-state index contributed by atoms with van der Waals surface area (Å²) in [6.45, 7) is 4.24. The van der Waals surface area contributed by atoms with Crippen LogP contribution in [0.3, 0.4) is 0 Å². The SMILES string of the molecule is CNC(C)(C)c1cccc(Oc2ccc(C#N)cc2)c1. The van der Waals surface area contributed by atoms with Crippen molar-refractivity contribution in [3.63, 3.8) is 0 Å². The first kappa shape index (κ1) is 14.1. The molecule has 0 radical (unpaired) electrons. The Morgan fingerprint density at radius 1 is 1.05 bits per heavy atom. The standard InChI is InChI=1S/C17H18N2O/c1-17(2,19-3)14-5-4-6-16(11-14)20-15-9-7-13(12-18)8-10-15/h4-11,19H,1-3H3. The zero-order valence-corrected chi connectivity index (χ0v) is 12.0. The minimum Gasteiger partial charge on any atom is -0.457 e. The number of hydrogen-bond donors (Lipinski definition) is 1. The van der Waals surface area contributed by atoms with Gasteiger partial charge in [-0.2, -0.15) is 5.26 Å². The Hall–Kier alpha value is -2.31. The molecule has 0 aromatic heterocycles. The van der Waals surface area contributed by atoms with Gasteiger partial charge in [-0.05, 0) is 62.9 Å². The number of rotatable bonds is 4. The number of nitrogens with zero attached hydrogens (tertiary/aromatic N) is 1. The van der Waals surface area contributed by atoms with Gasteiger partial charge < -0.3 is 10.1 Å². The van der Waals surface area contributed by atoms with E-state index in [1.54, 1.807) is 24.3 Å². The van der Waals surface area contributed by atoms with E-state index in [0.717, 1.165) is 17.1 Å². The lowest BCUT2D eigenvalue weighted by atomic mass is 9.94. The van der Waals surface area contributed by atoms with Gasteiger partial charge in [0.1, 0.15) is 11.5 Å². The van der Waals surface area contributed by atoms with E-state index in [0.29, 0.717) is 5.56 Å². The third-order valence-electron chi connectivity index (χ3n) is 3.40. The molecule has 0 fully saturated rings. The second-order valence-electron chi connectivity index (χ2n) is 5.14. The molecule has 0 aliphatic rings. The first-order valence-corrected chi connectivity index (χ1v) is 6.52. The maximum absolute atomic E-state index is 8.77. The Balaban J connectivity index is 2.21. The van der Waals surface area contributed by atoms with Crippen LogP contribution in [0.15, 0.2) is 48.5 Å². The summed E-state index contributed by atoms with van der Waals surface area (Å²) in [4.78, 5) is 0. The summed E-state index contributed by atoms with van der Waals surface area (Å²) in [6.07, 6.45) is 0. The van der Waals surface area contributed by atoms with Crippen LogP contribution in [0, 0.1) is 11.3 Å². The molecule has 0 heterocycles. The second-order valence-corrected chi connectivity index (χ2v) is 5.14. The molecular weight excluding hydrogens is 248 g/mol. The summed E-state index contributed by atoms with van der Waals surface area (Å²) < 4.78 is 5.82. The van der Waals surface area contributed by atoms with Gasteiger partial charge in [-0.3, -0.25) is 0 Å². The highest BCUT2D eigenvalue weighted by Gasteiger charge is 2.17. The van der Waals surface area contributed by atoms with Gasteiger partial charge in [-0.1, -0.05) is 12.1 Å². The van der Waals surface area contributed by atoms with E-state index in [4.69, 9.17) is 10.00 Å². The van der Waals surface area contributed by atoms with E-state index in [-0.39, 0.29) is 5.54 Å². The Bertz CT molecular complexity index is 624. The smallest absolute Gasteiger partial charge is 0.127 e. The Morgan fingerprint density at radius 3 is 2.35 bits per heavy atom. The minimum absolute atomic E-state index is 0.107. The predicted molar refractivity (Wildman–Crippen MR) is 79.8 cm³/mol. The zero-order chi connectivity index (χ0) is 14.6. The summed E-state index contributed by atoms with van der Waals surface area (Å²) in [6, 6.07) is 17.2. The fourth-order valence-corrected chi connectivity index (χ4v) is 1.83. The van der Waals surface area contributed by atoms with Crippen molar-refractivity contribution in [2.75, 3.05) is 7.05 Å². The maximum atomic E-state index is 8.77. The van der Waals surface area contributed by atoms with Crippen molar-refractivity contribution in [2.45, 2.75) is 19.4 Å². The molecule has 0 saturated heterocycles. The van der Waals surface area contributed by atoms with E-state index in [2.05, 4.69) is 31.3 Å². The average molecular weight is 266 g/mol. The predicted octanol–water partition coefficient (Wildman–Crippen LogP) is 3.81. The molecule has 0 saturated carbocycles. The van der Waals surface area contributed by atoms with Crippen LogP contribution < -0.4 is 10.1 Å². The molecule has 3 heteroatoms. The molecule has 3 nitrogen and oxygen atoms in total. The molecule has 0 bridgehead atoms. The summed E-state index contributed by atoms with van der Waals surface area (Å²) in [5.41, 5.74) is 1.68. The Kier molecular flexibility index (Phi) is 4.07. The molecule has 2 aromatic rings. The van der Waals surface area contributed by atoms with Crippen LogP contribution in [0.5, 0.6) is 11.5 Å². The molecule has 0 spiro atoms. The molecule has 2 aromatic carbocycles. The van der Waals surface area contributed by atoms with E-state index in [1.165, 1.54) is 0 Å². The molecule has 2 rings (SSSR count). The Labute approximate surface area is 119 Å². The van der Waals surface area contributed by atoms with E-state index >= 15 is 0 Å². The third-order valence-corrected chi connectivity index (χ3v) is 3.40. The molecule has 0 unspecified atom stereocenters. The molecule has 20 heavy (non-hydrogen) atoms. The average Bonchev–Trinajstić information content (AvgIpc) is 2.48. The van der Waals surface area contributed by atoms with Crippen molar-refractivity contribution in [2.24, 2.45) is 0 Å². The highest BCUT2D eigenvalue weighted by Crippen LogP contribution is 2.27. The topological polar surface area (TPSA) is 45.0 Å². The van der Waals surface area contributed by atoms with E-state index in [9.17, 15) is 0 Å². The quantitative estimate of drug-likeness (QED) is 0.915. The van der Waals surface area contributed by atoms with Crippen LogP contribution in [0.1, 0.15) is 25.0 Å². The van der Waals surface area contributed by atoms with Gasteiger partial charge in [0, 0.05) is 5.54 Å². The fourth-order valence-electron chi connectivity index (χ4n) is 1.83. The molecule has 102 valence electrons. The van der Waals surface area contributed by atoms with Crippen LogP contribution in [0.25, 0.3) is 0 Å². The van der Waals surface area contributed by atoms with Crippen LogP contribution in [0.4, 0.5) is 0 Å².